The molecule has 0 saturated carbocycles. The van der Waals surface area contributed by atoms with Gasteiger partial charge in [0, 0.05) is 5.69 Å². The predicted octanol–water partition coefficient (Wildman–Crippen LogP) is 2.69. The largest absolute Gasteiger partial charge is 0.486 e. The van der Waals surface area contributed by atoms with Gasteiger partial charge in [0.15, 0.2) is 17.6 Å². The molecule has 1 heterocycles. The zero-order valence-electron chi connectivity index (χ0n) is 16.3. The number of rotatable bonds is 5. The highest BCUT2D eigenvalue weighted by Gasteiger charge is 2.21. The Balaban J connectivity index is 1.42. The van der Waals surface area contributed by atoms with Crippen molar-refractivity contribution >= 4 is 17.6 Å². The molecule has 0 unspecified atom stereocenters. The van der Waals surface area contributed by atoms with Crippen LogP contribution in [0.15, 0.2) is 36.4 Å². The molecule has 0 bridgehead atoms. The van der Waals surface area contributed by atoms with E-state index in [1.165, 1.54) is 0 Å². The first-order chi connectivity index (χ1) is 13.4. The van der Waals surface area contributed by atoms with E-state index in [0.29, 0.717) is 18.1 Å². The van der Waals surface area contributed by atoms with Crippen LogP contribution < -0.4 is 25.4 Å². The monoisotopic (exact) mass is 383 g/mol. The van der Waals surface area contributed by atoms with Crippen molar-refractivity contribution in [3.8, 4) is 11.5 Å². The molecule has 3 rings (SSSR count). The molecular weight excluding hydrogens is 358 g/mol. The molecule has 2 aromatic carbocycles. The lowest BCUT2D eigenvalue weighted by molar-refractivity contribution is -0.115. The predicted molar refractivity (Wildman–Crippen MR) is 107 cm³/mol. The van der Waals surface area contributed by atoms with Gasteiger partial charge < -0.3 is 25.4 Å². The molecule has 0 radical (unpaired) electrons. The lowest BCUT2D eigenvalue weighted by atomic mass is 10.1. The summed E-state index contributed by atoms with van der Waals surface area (Å²) in [5.41, 5.74) is 3.90. The van der Waals surface area contributed by atoms with Gasteiger partial charge in [0.2, 0.25) is 5.91 Å². The number of fused-ring (bicyclic) bond motifs is 1. The van der Waals surface area contributed by atoms with Crippen LogP contribution in [0.1, 0.15) is 16.7 Å². The minimum Gasteiger partial charge on any atom is -0.486 e. The van der Waals surface area contributed by atoms with Crippen LogP contribution in [0.5, 0.6) is 11.5 Å². The lowest BCUT2D eigenvalue weighted by Crippen LogP contribution is -2.46. The van der Waals surface area contributed by atoms with Crippen LogP contribution in [0.3, 0.4) is 0 Å². The van der Waals surface area contributed by atoms with Crippen LogP contribution in [0.4, 0.5) is 10.5 Å². The fourth-order valence-electron chi connectivity index (χ4n) is 3.15. The van der Waals surface area contributed by atoms with E-state index < -0.39 is 6.03 Å². The van der Waals surface area contributed by atoms with Gasteiger partial charge in [-0.1, -0.05) is 29.8 Å². The molecule has 1 aliphatic rings. The summed E-state index contributed by atoms with van der Waals surface area (Å²) in [6, 6.07) is 11.0. The van der Waals surface area contributed by atoms with E-state index in [2.05, 4.69) is 16.0 Å². The van der Waals surface area contributed by atoms with Crippen LogP contribution in [-0.2, 0) is 4.79 Å². The van der Waals surface area contributed by atoms with Crippen molar-refractivity contribution < 1.29 is 19.1 Å². The van der Waals surface area contributed by atoms with E-state index in [1.807, 2.05) is 57.2 Å². The van der Waals surface area contributed by atoms with Gasteiger partial charge in [-0.05, 0) is 44.0 Å². The summed E-state index contributed by atoms with van der Waals surface area (Å²) in [6.07, 6.45) is -0.285. The molecule has 0 spiro atoms. The van der Waals surface area contributed by atoms with Crippen molar-refractivity contribution in [3.63, 3.8) is 0 Å². The smallest absolute Gasteiger partial charge is 0.315 e. The molecule has 1 atom stereocenters. The maximum atomic E-state index is 12.2. The van der Waals surface area contributed by atoms with Crippen LogP contribution in [0, 0.1) is 20.8 Å². The number of aryl methyl sites for hydroxylation is 3. The molecule has 0 saturated heterocycles. The molecule has 2 aromatic rings. The molecule has 3 amide bonds. The van der Waals surface area contributed by atoms with Gasteiger partial charge in [0.05, 0.1) is 13.1 Å². The number of ether oxygens (including phenoxy) is 2. The fourth-order valence-corrected chi connectivity index (χ4v) is 3.15. The SMILES string of the molecule is Cc1cc(C)c(NC(=O)CNC(=O)NC[C@@H]2COc3ccccc3O2)c(C)c1. The number of hydrogen-bond donors (Lipinski definition) is 3. The molecule has 0 fully saturated rings. The molecule has 0 aromatic heterocycles. The summed E-state index contributed by atoms with van der Waals surface area (Å²) in [7, 11) is 0. The van der Waals surface area contributed by atoms with E-state index >= 15 is 0 Å². The summed E-state index contributed by atoms with van der Waals surface area (Å²) < 4.78 is 11.4. The van der Waals surface area contributed by atoms with Gasteiger partial charge in [0.25, 0.3) is 0 Å². The Morgan fingerprint density at radius 3 is 2.43 bits per heavy atom. The topological polar surface area (TPSA) is 88.7 Å². The van der Waals surface area contributed by atoms with E-state index in [0.717, 1.165) is 22.4 Å². The number of carbonyl (C=O) groups excluding carboxylic acids is 2. The van der Waals surface area contributed by atoms with Crippen molar-refractivity contribution in [1.29, 1.82) is 0 Å². The van der Waals surface area contributed by atoms with E-state index in [4.69, 9.17) is 9.47 Å². The Kier molecular flexibility index (Phi) is 6.03. The first kappa shape index (κ1) is 19.5. The number of amides is 3. The van der Waals surface area contributed by atoms with Crippen LogP contribution >= 0.6 is 0 Å². The molecule has 28 heavy (non-hydrogen) atoms. The third-order valence-electron chi connectivity index (χ3n) is 4.41. The first-order valence-electron chi connectivity index (χ1n) is 9.20. The van der Waals surface area contributed by atoms with Crippen molar-refractivity contribution in [2.24, 2.45) is 0 Å². The second kappa shape index (κ2) is 8.65. The van der Waals surface area contributed by atoms with Gasteiger partial charge in [-0.15, -0.1) is 0 Å². The average molecular weight is 383 g/mol. The van der Waals surface area contributed by atoms with E-state index in [-0.39, 0.29) is 25.1 Å². The zero-order chi connectivity index (χ0) is 20.1. The number of carbonyl (C=O) groups is 2. The molecular formula is C21H25N3O4. The van der Waals surface area contributed by atoms with E-state index in [1.54, 1.807) is 0 Å². The minimum absolute atomic E-state index is 0.122. The van der Waals surface area contributed by atoms with Crippen LogP contribution in [0.25, 0.3) is 0 Å². The van der Waals surface area contributed by atoms with Gasteiger partial charge in [-0.25, -0.2) is 4.79 Å². The third kappa shape index (κ3) is 4.94. The molecule has 7 nitrogen and oxygen atoms in total. The first-order valence-corrected chi connectivity index (χ1v) is 9.20. The highest BCUT2D eigenvalue weighted by atomic mass is 16.6. The average Bonchev–Trinajstić information content (AvgIpc) is 2.67. The Hall–Kier alpha value is -3.22. The number of benzene rings is 2. The summed E-state index contributed by atoms with van der Waals surface area (Å²) in [5, 5.41) is 8.10. The summed E-state index contributed by atoms with van der Waals surface area (Å²) in [6.45, 7) is 6.41. The Labute approximate surface area is 164 Å². The maximum absolute atomic E-state index is 12.2. The van der Waals surface area contributed by atoms with E-state index in [9.17, 15) is 9.59 Å². The zero-order valence-corrected chi connectivity index (χ0v) is 16.3. The second-order valence-corrected chi connectivity index (χ2v) is 6.88. The minimum atomic E-state index is -0.435. The summed E-state index contributed by atoms with van der Waals surface area (Å²) in [4.78, 5) is 24.1. The standard InChI is InChI=1S/C21H25N3O4/c1-13-8-14(2)20(15(3)9-13)24-19(25)11-23-21(26)22-10-16-12-27-17-6-4-5-7-18(17)28-16/h4-9,16H,10-12H2,1-3H3,(H,24,25)(H2,22,23,26)/t16-/m1/s1. The van der Waals surface area contributed by atoms with Gasteiger partial charge >= 0.3 is 6.03 Å². The van der Waals surface area contributed by atoms with Gasteiger partial charge in [0.1, 0.15) is 6.61 Å². The summed E-state index contributed by atoms with van der Waals surface area (Å²) >= 11 is 0. The number of para-hydroxylation sites is 2. The van der Waals surface area contributed by atoms with Crippen molar-refractivity contribution in [3.05, 3.63) is 53.1 Å². The number of nitrogens with one attached hydrogen (secondary N) is 3. The molecule has 1 aliphatic heterocycles. The maximum Gasteiger partial charge on any atom is 0.315 e. The second-order valence-electron chi connectivity index (χ2n) is 6.88. The normalized spacial score (nSPS) is 14.9. The highest BCUT2D eigenvalue weighted by Crippen LogP contribution is 2.30. The van der Waals surface area contributed by atoms with Crippen molar-refractivity contribution in [1.82, 2.24) is 10.6 Å². The molecule has 3 N–H and O–H groups in total. The van der Waals surface area contributed by atoms with Crippen LogP contribution in [-0.4, -0.2) is 37.7 Å². The van der Waals surface area contributed by atoms with Gasteiger partial charge in [-0.3, -0.25) is 4.79 Å². The third-order valence-corrected chi connectivity index (χ3v) is 4.41. The Bertz CT molecular complexity index is 859. The number of hydrogen-bond acceptors (Lipinski definition) is 4. The quantitative estimate of drug-likeness (QED) is 0.741. The number of anilines is 1. The van der Waals surface area contributed by atoms with Crippen molar-refractivity contribution in [2.45, 2.75) is 26.9 Å². The highest BCUT2D eigenvalue weighted by molar-refractivity contribution is 5.95. The van der Waals surface area contributed by atoms with Crippen LogP contribution in [0.2, 0.25) is 0 Å². The Morgan fingerprint density at radius 1 is 1.04 bits per heavy atom. The Morgan fingerprint density at radius 2 is 1.71 bits per heavy atom. The fraction of sp³-hybridized carbons (Fsp3) is 0.333. The molecule has 7 heteroatoms. The number of urea groups is 1. The lowest BCUT2D eigenvalue weighted by Gasteiger charge is -2.26. The van der Waals surface area contributed by atoms with Crippen molar-refractivity contribution in [2.75, 3.05) is 25.0 Å². The summed E-state index contributed by atoms with van der Waals surface area (Å²) in [5.74, 6) is 1.07. The molecule has 148 valence electrons. The molecule has 0 aliphatic carbocycles. The van der Waals surface area contributed by atoms with Gasteiger partial charge in [-0.2, -0.15) is 0 Å².